The summed E-state index contributed by atoms with van der Waals surface area (Å²) in [5.41, 5.74) is 2.06. The van der Waals surface area contributed by atoms with Gasteiger partial charge in [0.15, 0.2) is 0 Å². The van der Waals surface area contributed by atoms with Gasteiger partial charge in [-0.25, -0.2) is 0 Å². The Labute approximate surface area is 149 Å². The molecule has 25 heavy (non-hydrogen) atoms. The number of rotatable bonds is 9. The highest BCUT2D eigenvalue weighted by Crippen LogP contribution is 2.30. The van der Waals surface area contributed by atoms with E-state index in [-0.39, 0.29) is 23.5 Å². The Balaban J connectivity index is 2.12. The smallest absolute Gasteiger partial charge is 0.115 e. The summed E-state index contributed by atoms with van der Waals surface area (Å²) < 4.78 is 11.4. The minimum absolute atomic E-state index is 0.102. The van der Waals surface area contributed by atoms with Crippen LogP contribution in [0.1, 0.15) is 30.6 Å². The van der Waals surface area contributed by atoms with Crippen molar-refractivity contribution in [3.8, 4) is 11.5 Å². The highest BCUT2D eigenvalue weighted by molar-refractivity contribution is 5.50. The lowest BCUT2D eigenvalue weighted by Gasteiger charge is -2.26. The van der Waals surface area contributed by atoms with E-state index in [9.17, 15) is 10.2 Å². The maximum absolute atomic E-state index is 9.50. The van der Waals surface area contributed by atoms with Gasteiger partial charge in [0, 0.05) is 19.6 Å². The fraction of sp³-hybridized carbons (Fsp3) is 0.333. The SMILES string of the molecule is CCO[C@H](c1ccc(O)cc1)[C@@H](C/C=C/c1ccc(O)cc1)COC. The number of hydrogen-bond donors (Lipinski definition) is 2. The molecule has 0 aliphatic heterocycles. The highest BCUT2D eigenvalue weighted by atomic mass is 16.5. The van der Waals surface area contributed by atoms with E-state index < -0.39 is 0 Å². The Hall–Kier alpha value is -2.30. The zero-order valence-electron chi connectivity index (χ0n) is 14.8. The van der Waals surface area contributed by atoms with Crippen LogP contribution in [0, 0.1) is 5.92 Å². The van der Waals surface area contributed by atoms with Crippen LogP contribution >= 0.6 is 0 Å². The normalized spacial score (nSPS) is 13.8. The second-order valence-corrected chi connectivity index (χ2v) is 5.91. The van der Waals surface area contributed by atoms with Gasteiger partial charge in [0.25, 0.3) is 0 Å². The van der Waals surface area contributed by atoms with Crippen LogP contribution in [0.3, 0.4) is 0 Å². The van der Waals surface area contributed by atoms with Crippen LogP contribution in [-0.2, 0) is 9.47 Å². The quantitative estimate of drug-likeness (QED) is 0.702. The van der Waals surface area contributed by atoms with Crippen molar-refractivity contribution in [3.63, 3.8) is 0 Å². The number of allylic oxidation sites excluding steroid dienone is 1. The van der Waals surface area contributed by atoms with E-state index in [1.165, 1.54) is 0 Å². The van der Waals surface area contributed by atoms with Crippen molar-refractivity contribution in [1.82, 2.24) is 0 Å². The van der Waals surface area contributed by atoms with Crippen LogP contribution in [0.5, 0.6) is 11.5 Å². The van der Waals surface area contributed by atoms with Gasteiger partial charge in [0.05, 0.1) is 12.7 Å². The lowest BCUT2D eigenvalue weighted by Crippen LogP contribution is -2.20. The molecule has 0 aliphatic carbocycles. The van der Waals surface area contributed by atoms with E-state index in [0.29, 0.717) is 13.2 Å². The van der Waals surface area contributed by atoms with E-state index in [0.717, 1.165) is 17.5 Å². The third-order valence-electron chi connectivity index (χ3n) is 4.02. The summed E-state index contributed by atoms with van der Waals surface area (Å²) in [5, 5.41) is 18.8. The molecule has 4 heteroatoms. The average Bonchev–Trinajstić information content (AvgIpc) is 2.62. The highest BCUT2D eigenvalue weighted by Gasteiger charge is 2.23. The summed E-state index contributed by atoms with van der Waals surface area (Å²) in [6.45, 7) is 3.16. The van der Waals surface area contributed by atoms with Gasteiger partial charge >= 0.3 is 0 Å². The number of phenolic OH excluding ortho intramolecular Hbond substituents is 2. The topological polar surface area (TPSA) is 58.9 Å². The van der Waals surface area contributed by atoms with E-state index in [4.69, 9.17) is 9.47 Å². The van der Waals surface area contributed by atoms with Crippen LogP contribution in [0.2, 0.25) is 0 Å². The monoisotopic (exact) mass is 342 g/mol. The van der Waals surface area contributed by atoms with E-state index >= 15 is 0 Å². The maximum atomic E-state index is 9.50. The zero-order chi connectivity index (χ0) is 18.1. The van der Waals surface area contributed by atoms with Crippen LogP contribution in [0.15, 0.2) is 54.6 Å². The van der Waals surface area contributed by atoms with Gasteiger partial charge in [-0.2, -0.15) is 0 Å². The van der Waals surface area contributed by atoms with Gasteiger partial charge < -0.3 is 19.7 Å². The second kappa shape index (κ2) is 9.87. The molecular weight excluding hydrogens is 316 g/mol. The summed E-state index contributed by atoms with van der Waals surface area (Å²) >= 11 is 0. The van der Waals surface area contributed by atoms with Gasteiger partial charge in [-0.3, -0.25) is 0 Å². The van der Waals surface area contributed by atoms with Crippen molar-refractivity contribution in [2.75, 3.05) is 20.3 Å². The largest absolute Gasteiger partial charge is 0.508 e. The van der Waals surface area contributed by atoms with Crippen molar-refractivity contribution in [2.24, 2.45) is 5.92 Å². The summed E-state index contributed by atoms with van der Waals surface area (Å²) in [5.74, 6) is 0.663. The van der Waals surface area contributed by atoms with Crippen LogP contribution in [-0.4, -0.2) is 30.5 Å². The molecule has 2 aromatic carbocycles. The molecule has 0 unspecified atom stereocenters. The molecule has 0 saturated carbocycles. The number of benzene rings is 2. The summed E-state index contributed by atoms with van der Waals surface area (Å²) in [7, 11) is 1.69. The van der Waals surface area contributed by atoms with Crippen molar-refractivity contribution in [3.05, 3.63) is 65.7 Å². The Morgan fingerprint density at radius 2 is 1.56 bits per heavy atom. The number of ether oxygens (including phenoxy) is 2. The van der Waals surface area contributed by atoms with E-state index in [1.807, 2.05) is 37.3 Å². The Morgan fingerprint density at radius 1 is 0.960 bits per heavy atom. The first kappa shape index (κ1) is 19.0. The van der Waals surface area contributed by atoms with Gasteiger partial charge in [-0.15, -0.1) is 0 Å². The summed E-state index contributed by atoms with van der Waals surface area (Å²) in [6, 6.07) is 14.2. The molecule has 0 aromatic heterocycles. The number of phenols is 2. The molecule has 2 N–H and O–H groups in total. The maximum Gasteiger partial charge on any atom is 0.115 e. The average molecular weight is 342 g/mol. The Bertz CT molecular complexity index is 647. The molecule has 0 amide bonds. The number of methoxy groups -OCH3 is 1. The van der Waals surface area contributed by atoms with Crippen molar-refractivity contribution < 1.29 is 19.7 Å². The van der Waals surface area contributed by atoms with Crippen LogP contribution in [0.25, 0.3) is 6.08 Å². The number of hydrogen-bond acceptors (Lipinski definition) is 4. The molecule has 0 saturated heterocycles. The second-order valence-electron chi connectivity index (χ2n) is 5.91. The molecule has 2 atom stereocenters. The molecule has 2 aromatic rings. The fourth-order valence-electron chi connectivity index (χ4n) is 2.81. The molecule has 0 radical (unpaired) electrons. The van der Waals surface area contributed by atoms with Gasteiger partial charge in [0.1, 0.15) is 11.5 Å². The molecule has 0 bridgehead atoms. The minimum Gasteiger partial charge on any atom is -0.508 e. The van der Waals surface area contributed by atoms with Crippen LogP contribution in [0.4, 0.5) is 0 Å². The third-order valence-corrected chi connectivity index (χ3v) is 4.02. The van der Waals surface area contributed by atoms with Crippen molar-refractivity contribution >= 4 is 6.08 Å². The molecule has 2 rings (SSSR count). The molecule has 0 spiro atoms. The Kier molecular flexibility index (Phi) is 7.51. The number of aromatic hydroxyl groups is 2. The van der Waals surface area contributed by atoms with Gasteiger partial charge in [-0.1, -0.05) is 36.4 Å². The van der Waals surface area contributed by atoms with E-state index in [2.05, 4.69) is 6.08 Å². The van der Waals surface area contributed by atoms with Crippen molar-refractivity contribution in [1.29, 1.82) is 0 Å². The van der Waals surface area contributed by atoms with Crippen LogP contribution < -0.4 is 0 Å². The molecule has 134 valence electrons. The first-order valence-electron chi connectivity index (χ1n) is 8.49. The first-order chi connectivity index (χ1) is 12.1. The predicted molar refractivity (Wildman–Crippen MR) is 99.6 cm³/mol. The molecule has 4 nitrogen and oxygen atoms in total. The minimum atomic E-state index is -0.102. The molecule has 0 heterocycles. The first-order valence-corrected chi connectivity index (χ1v) is 8.49. The molecule has 0 fully saturated rings. The lowest BCUT2D eigenvalue weighted by molar-refractivity contribution is -0.00937. The summed E-state index contributed by atoms with van der Waals surface area (Å²) in [6.07, 6.45) is 4.82. The fourth-order valence-corrected chi connectivity index (χ4v) is 2.81. The van der Waals surface area contributed by atoms with E-state index in [1.54, 1.807) is 31.4 Å². The molecular formula is C21H26O4. The summed E-state index contributed by atoms with van der Waals surface area (Å²) in [4.78, 5) is 0. The third kappa shape index (κ3) is 5.93. The molecule has 0 aliphatic rings. The van der Waals surface area contributed by atoms with Gasteiger partial charge in [0.2, 0.25) is 0 Å². The van der Waals surface area contributed by atoms with Crippen molar-refractivity contribution in [2.45, 2.75) is 19.4 Å². The predicted octanol–water partition coefficient (Wildman–Crippen LogP) is 4.54. The zero-order valence-corrected chi connectivity index (χ0v) is 14.8. The Morgan fingerprint density at radius 3 is 2.12 bits per heavy atom. The standard InChI is InChI=1S/C21H26O4/c1-3-25-21(17-9-13-20(23)14-10-17)18(15-24-2)6-4-5-16-7-11-19(22)12-8-16/h4-5,7-14,18,21-23H,3,6,15H2,1-2H3/b5-4+/t18-,21+/m0/s1. The lowest BCUT2D eigenvalue weighted by atomic mass is 9.92. The van der Waals surface area contributed by atoms with Gasteiger partial charge in [-0.05, 0) is 48.7 Å².